The van der Waals surface area contributed by atoms with Crippen LogP contribution in [0.4, 0.5) is 17.6 Å². The number of nitrogens with zero attached hydrogens (tertiary/aromatic N) is 6. The lowest BCUT2D eigenvalue weighted by Crippen LogP contribution is -2.47. The van der Waals surface area contributed by atoms with E-state index in [9.17, 15) is 5.11 Å². The summed E-state index contributed by atoms with van der Waals surface area (Å²) in [7, 11) is 0. The number of nitrogen functional groups attached to an aromatic ring is 1. The highest BCUT2D eigenvalue weighted by Crippen LogP contribution is 2.28. The monoisotopic (exact) mass is 391 g/mol. The van der Waals surface area contributed by atoms with Gasteiger partial charge in [0.1, 0.15) is 17.4 Å². The lowest BCUT2D eigenvalue weighted by Gasteiger charge is -2.36. The number of aromatic nitrogens is 4. The number of aromatic hydroxyl groups is 1. The van der Waals surface area contributed by atoms with Crippen LogP contribution in [0.5, 0.6) is 5.75 Å². The van der Waals surface area contributed by atoms with E-state index < -0.39 is 0 Å². The van der Waals surface area contributed by atoms with Crippen molar-refractivity contribution >= 4 is 17.6 Å². The second-order valence-electron chi connectivity index (χ2n) is 7.11. The average molecular weight is 391 g/mol. The predicted molar refractivity (Wildman–Crippen MR) is 114 cm³/mol. The first-order valence-electron chi connectivity index (χ1n) is 9.80. The normalized spacial score (nSPS) is 14.3. The molecule has 0 spiro atoms. The van der Waals surface area contributed by atoms with E-state index in [0.29, 0.717) is 17.3 Å². The van der Waals surface area contributed by atoms with Crippen molar-refractivity contribution in [3.63, 3.8) is 0 Å². The van der Waals surface area contributed by atoms with Crippen molar-refractivity contribution in [2.45, 2.75) is 20.3 Å². The Morgan fingerprint density at radius 3 is 2.48 bits per heavy atom. The Morgan fingerprint density at radius 2 is 1.76 bits per heavy atom. The third-order valence-corrected chi connectivity index (χ3v) is 5.13. The molecule has 0 amide bonds. The fourth-order valence-electron chi connectivity index (χ4n) is 3.58. The number of anilines is 3. The van der Waals surface area contributed by atoms with Crippen molar-refractivity contribution in [2.24, 2.45) is 0 Å². The van der Waals surface area contributed by atoms with Crippen molar-refractivity contribution in [3.05, 3.63) is 47.8 Å². The van der Waals surface area contributed by atoms with Gasteiger partial charge in [-0.2, -0.15) is 4.98 Å². The van der Waals surface area contributed by atoms with Crippen molar-refractivity contribution < 1.29 is 5.11 Å². The van der Waals surface area contributed by atoms with Gasteiger partial charge < -0.3 is 20.6 Å². The fourth-order valence-corrected chi connectivity index (χ4v) is 3.58. The summed E-state index contributed by atoms with van der Waals surface area (Å²) < 4.78 is 0. The van der Waals surface area contributed by atoms with Gasteiger partial charge in [0.2, 0.25) is 5.95 Å². The number of phenols is 1. The van der Waals surface area contributed by atoms with Gasteiger partial charge in [-0.25, -0.2) is 15.0 Å². The van der Waals surface area contributed by atoms with E-state index in [1.165, 1.54) is 0 Å². The molecule has 0 bridgehead atoms. The van der Waals surface area contributed by atoms with Crippen molar-refractivity contribution in [1.82, 2.24) is 19.9 Å². The highest BCUT2D eigenvalue weighted by molar-refractivity contribution is 5.65. The molecule has 1 saturated heterocycles. The van der Waals surface area contributed by atoms with E-state index in [1.807, 2.05) is 31.3 Å². The molecule has 1 fully saturated rings. The van der Waals surface area contributed by atoms with Gasteiger partial charge in [0.05, 0.1) is 5.56 Å². The van der Waals surface area contributed by atoms with Crippen LogP contribution >= 0.6 is 0 Å². The highest BCUT2D eigenvalue weighted by atomic mass is 16.3. The van der Waals surface area contributed by atoms with Crippen molar-refractivity contribution in [3.8, 4) is 17.1 Å². The standard InChI is InChI=1S/C21H25N7O/c1-3-15-13-23-21(22)26-20(15)28-10-8-27(9-11-28)18-12-14(2)24-19(25-18)16-6-4-5-7-17(16)29/h4-7,12-13,29H,3,8-11H2,1-2H3,(H2,22,23,26). The van der Waals surface area contributed by atoms with E-state index >= 15 is 0 Å². The highest BCUT2D eigenvalue weighted by Gasteiger charge is 2.22. The minimum Gasteiger partial charge on any atom is -0.507 e. The molecule has 3 N–H and O–H groups in total. The van der Waals surface area contributed by atoms with Crippen LogP contribution in [0.1, 0.15) is 18.2 Å². The molecule has 3 aromatic rings. The van der Waals surface area contributed by atoms with Gasteiger partial charge in [-0.05, 0) is 25.5 Å². The largest absolute Gasteiger partial charge is 0.507 e. The Kier molecular flexibility index (Phi) is 5.16. The molecule has 1 aliphatic rings. The summed E-state index contributed by atoms with van der Waals surface area (Å²) in [6.45, 7) is 7.30. The number of rotatable bonds is 4. The van der Waals surface area contributed by atoms with Crippen LogP contribution in [-0.4, -0.2) is 51.2 Å². The van der Waals surface area contributed by atoms with Gasteiger partial charge in [0, 0.05) is 49.7 Å². The summed E-state index contributed by atoms with van der Waals surface area (Å²) in [5, 5.41) is 10.2. The number of para-hydroxylation sites is 1. The molecule has 0 unspecified atom stereocenters. The smallest absolute Gasteiger partial charge is 0.221 e. The zero-order valence-electron chi connectivity index (χ0n) is 16.7. The summed E-state index contributed by atoms with van der Waals surface area (Å²) in [6.07, 6.45) is 2.68. The molecule has 0 saturated carbocycles. The van der Waals surface area contributed by atoms with Gasteiger partial charge in [-0.1, -0.05) is 19.1 Å². The molecule has 2 aromatic heterocycles. The van der Waals surface area contributed by atoms with Crippen LogP contribution in [0, 0.1) is 6.92 Å². The zero-order chi connectivity index (χ0) is 20.4. The van der Waals surface area contributed by atoms with Crippen LogP contribution in [0.3, 0.4) is 0 Å². The fraction of sp³-hybridized carbons (Fsp3) is 0.333. The Hall–Kier alpha value is -3.42. The Labute approximate surface area is 170 Å². The van der Waals surface area contributed by atoms with Gasteiger partial charge in [-0.3, -0.25) is 0 Å². The zero-order valence-corrected chi connectivity index (χ0v) is 16.7. The Bertz CT molecular complexity index is 1020. The molecule has 0 atom stereocenters. The minimum absolute atomic E-state index is 0.183. The SMILES string of the molecule is CCc1cnc(N)nc1N1CCN(c2cc(C)nc(-c3ccccc3O)n2)CC1. The van der Waals surface area contributed by atoms with Crippen LogP contribution in [0.2, 0.25) is 0 Å². The van der Waals surface area contributed by atoms with Crippen LogP contribution in [-0.2, 0) is 6.42 Å². The Balaban J connectivity index is 1.55. The molecule has 0 aliphatic carbocycles. The molecule has 150 valence electrons. The molecular formula is C21H25N7O. The summed E-state index contributed by atoms with van der Waals surface area (Å²) in [5.41, 5.74) is 8.42. The molecular weight excluding hydrogens is 366 g/mol. The third-order valence-electron chi connectivity index (χ3n) is 5.13. The quantitative estimate of drug-likeness (QED) is 0.699. The molecule has 8 heteroatoms. The van der Waals surface area contributed by atoms with Crippen LogP contribution in [0.25, 0.3) is 11.4 Å². The van der Waals surface area contributed by atoms with Gasteiger partial charge in [0.25, 0.3) is 0 Å². The minimum atomic E-state index is 0.183. The molecule has 0 radical (unpaired) electrons. The topological polar surface area (TPSA) is 104 Å². The van der Waals surface area contributed by atoms with Crippen molar-refractivity contribution in [1.29, 1.82) is 0 Å². The molecule has 3 heterocycles. The lowest BCUT2D eigenvalue weighted by atomic mass is 10.2. The maximum atomic E-state index is 10.2. The van der Waals surface area contributed by atoms with E-state index in [4.69, 9.17) is 10.7 Å². The number of hydrogen-bond acceptors (Lipinski definition) is 8. The van der Waals surface area contributed by atoms with E-state index in [2.05, 4.69) is 31.7 Å². The van der Waals surface area contributed by atoms with E-state index in [0.717, 1.165) is 55.5 Å². The molecule has 4 rings (SSSR count). The maximum Gasteiger partial charge on any atom is 0.221 e. The van der Waals surface area contributed by atoms with Crippen LogP contribution in [0.15, 0.2) is 36.5 Å². The number of hydrogen-bond donors (Lipinski definition) is 2. The van der Waals surface area contributed by atoms with Gasteiger partial charge in [0.15, 0.2) is 5.82 Å². The predicted octanol–water partition coefficient (Wildman–Crippen LogP) is 2.42. The summed E-state index contributed by atoms with van der Waals surface area (Å²) >= 11 is 0. The second kappa shape index (κ2) is 7.90. The second-order valence-corrected chi connectivity index (χ2v) is 7.11. The van der Waals surface area contributed by atoms with Gasteiger partial charge >= 0.3 is 0 Å². The molecule has 8 nitrogen and oxygen atoms in total. The van der Waals surface area contributed by atoms with E-state index in [1.54, 1.807) is 12.1 Å². The lowest BCUT2D eigenvalue weighted by molar-refractivity contribution is 0.477. The van der Waals surface area contributed by atoms with Crippen molar-refractivity contribution in [2.75, 3.05) is 41.7 Å². The van der Waals surface area contributed by atoms with E-state index in [-0.39, 0.29) is 5.75 Å². The number of phenolic OH excluding ortho intramolecular Hbond substituents is 1. The number of nitrogens with two attached hydrogens (primary N) is 1. The maximum absolute atomic E-state index is 10.2. The number of benzene rings is 1. The van der Waals surface area contributed by atoms with Gasteiger partial charge in [-0.15, -0.1) is 0 Å². The average Bonchev–Trinajstić information content (AvgIpc) is 2.74. The summed E-state index contributed by atoms with van der Waals surface area (Å²) in [4.78, 5) is 22.3. The molecule has 1 aliphatic heterocycles. The third kappa shape index (κ3) is 3.91. The van der Waals surface area contributed by atoms with Crippen LogP contribution < -0.4 is 15.5 Å². The summed E-state index contributed by atoms with van der Waals surface area (Å²) in [5.74, 6) is 2.82. The Morgan fingerprint density at radius 1 is 1.03 bits per heavy atom. The number of piperazine rings is 1. The first-order chi connectivity index (χ1) is 14.0. The number of aryl methyl sites for hydroxylation is 2. The first-order valence-corrected chi connectivity index (χ1v) is 9.80. The molecule has 29 heavy (non-hydrogen) atoms. The summed E-state index contributed by atoms with van der Waals surface area (Å²) in [6, 6.07) is 9.13. The first kappa shape index (κ1) is 18.9. The molecule has 1 aromatic carbocycles.